The average Bonchev–Trinajstić information content (AvgIpc) is 2.46. The second kappa shape index (κ2) is 4.83. The number of nitriles is 1. The number of hydrogen-bond donors (Lipinski definition) is 1. The first-order valence-electron chi connectivity index (χ1n) is 6.09. The van der Waals surface area contributed by atoms with Crippen LogP contribution >= 0.6 is 11.6 Å². The second-order valence-corrected chi connectivity index (χ2v) is 4.84. The summed E-state index contributed by atoms with van der Waals surface area (Å²) in [5.41, 5.74) is 3.78. The number of benzene rings is 2. The molecule has 0 atom stereocenters. The molecule has 0 bridgehead atoms. The fraction of sp³-hybridized carbons (Fsp3) is 0.133. The van der Waals surface area contributed by atoms with E-state index in [4.69, 9.17) is 16.9 Å². The van der Waals surface area contributed by atoms with Crippen molar-refractivity contribution in [2.75, 3.05) is 23.3 Å². The zero-order chi connectivity index (χ0) is 13.2. The van der Waals surface area contributed by atoms with Gasteiger partial charge >= 0.3 is 0 Å². The van der Waals surface area contributed by atoms with Crippen LogP contribution in [0.2, 0.25) is 5.02 Å². The van der Waals surface area contributed by atoms with Gasteiger partial charge in [0.05, 0.1) is 23.0 Å². The van der Waals surface area contributed by atoms with E-state index in [1.54, 1.807) is 0 Å². The number of halogens is 1. The Morgan fingerprint density at radius 2 is 2.11 bits per heavy atom. The smallest absolute Gasteiger partial charge is 0.0992 e. The third kappa shape index (κ3) is 2.23. The predicted octanol–water partition coefficient (Wildman–Crippen LogP) is 3.78. The van der Waals surface area contributed by atoms with Gasteiger partial charge in [-0.05, 0) is 36.4 Å². The number of fused-ring (bicyclic) bond motifs is 1. The van der Waals surface area contributed by atoms with E-state index in [2.05, 4.69) is 16.3 Å². The van der Waals surface area contributed by atoms with Crippen molar-refractivity contribution < 1.29 is 0 Å². The molecule has 0 amide bonds. The Bertz CT molecular complexity index is 661. The van der Waals surface area contributed by atoms with E-state index in [1.807, 2.05) is 42.5 Å². The van der Waals surface area contributed by atoms with E-state index in [-0.39, 0.29) is 0 Å². The van der Waals surface area contributed by atoms with Gasteiger partial charge in [0.1, 0.15) is 0 Å². The lowest BCUT2D eigenvalue weighted by Crippen LogP contribution is -2.30. The van der Waals surface area contributed by atoms with Crippen LogP contribution in [-0.4, -0.2) is 13.1 Å². The van der Waals surface area contributed by atoms with Crippen molar-refractivity contribution >= 4 is 28.7 Å². The highest BCUT2D eigenvalue weighted by Gasteiger charge is 2.18. The van der Waals surface area contributed by atoms with Gasteiger partial charge in [0.25, 0.3) is 0 Å². The SMILES string of the molecule is N#Cc1ccc2c(c1)N(c1cccc(Cl)c1)CCN2. The highest BCUT2D eigenvalue weighted by molar-refractivity contribution is 6.30. The molecule has 1 N–H and O–H groups in total. The molecule has 0 fully saturated rings. The summed E-state index contributed by atoms with van der Waals surface area (Å²) in [5.74, 6) is 0. The summed E-state index contributed by atoms with van der Waals surface area (Å²) in [4.78, 5) is 2.18. The van der Waals surface area contributed by atoms with Crippen LogP contribution in [0.4, 0.5) is 17.1 Å². The highest BCUT2D eigenvalue weighted by atomic mass is 35.5. The van der Waals surface area contributed by atoms with Crippen LogP contribution in [0.25, 0.3) is 0 Å². The first kappa shape index (κ1) is 11.9. The van der Waals surface area contributed by atoms with Crippen molar-refractivity contribution in [3.63, 3.8) is 0 Å². The Morgan fingerprint density at radius 1 is 1.21 bits per heavy atom. The summed E-state index contributed by atoms with van der Waals surface area (Å²) in [6.45, 7) is 1.72. The van der Waals surface area contributed by atoms with Gasteiger partial charge in [-0.15, -0.1) is 0 Å². The summed E-state index contributed by atoms with van der Waals surface area (Å²) in [6.07, 6.45) is 0. The lowest BCUT2D eigenvalue weighted by atomic mass is 10.1. The van der Waals surface area contributed by atoms with E-state index < -0.39 is 0 Å². The number of hydrogen-bond acceptors (Lipinski definition) is 3. The molecule has 94 valence electrons. The van der Waals surface area contributed by atoms with Crippen LogP contribution < -0.4 is 10.2 Å². The Kier molecular flexibility index (Phi) is 3.02. The van der Waals surface area contributed by atoms with Crippen molar-refractivity contribution in [3.8, 4) is 6.07 Å². The maximum Gasteiger partial charge on any atom is 0.0992 e. The molecule has 0 saturated heterocycles. The summed E-state index contributed by atoms with van der Waals surface area (Å²) in [7, 11) is 0. The molecule has 1 aliphatic heterocycles. The molecule has 3 rings (SSSR count). The molecule has 2 aromatic rings. The van der Waals surface area contributed by atoms with Gasteiger partial charge in [-0.1, -0.05) is 17.7 Å². The van der Waals surface area contributed by atoms with E-state index in [0.717, 1.165) is 30.2 Å². The Balaban J connectivity index is 2.09. The first-order valence-corrected chi connectivity index (χ1v) is 6.47. The molecule has 0 aromatic heterocycles. The molecule has 19 heavy (non-hydrogen) atoms. The van der Waals surface area contributed by atoms with Crippen molar-refractivity contribution in [2.24, 2.45) is 0 Å². The van der Waals surface area contributed by atoms with Crippen LogP contribution in [0, 0.1) is 11.3 Å². The molecule has 0 radical (unpaired) electrons. The van der Waals surface area contributed by atoms with E-state index in [0.29, 0.717) is 10.6 Å². The van der Waals surface area contributed by atoms with E-state index in [1.165, 1.54) is 0 Å². The van der Waals surface area contributed by atoms with Gasteiger partial charge in [0.2, 0.25) is 0 Å². The summed E-state index contributed by atoms with van der Waals surface area (Å²) in [5, 5.41) is 13.1. The third-order valence-electron chi connectivity index (χ3n) is 3.19. The minimum absolute atomic E-state index is 0.662. The van der Waals surface area contributed by atoms with Crippen molar-refractivity contribution in [1.29, 1.82) is 5.26 Å². The standard InChI is InChI=1S/C15H12ClN3/c16-12-2-1-3-13(9-12)19-7-6-18-14-5-4-11(10-17)8-15(14)19/h1-5,8-9,18H,6-7H2. The highest BCUT2D eigenvalue weighted by Crippen LogP contribution is 2.35. The second-order valence-electron chi connectivity index (χ2n) is 4.40. The maximum absolute atomic E-state index is 9.03. The average molecular weight is 270 g/mol. The van der Waals surface area contributed by atoms with Gasteiger partial charge in [-0.25, -0.2) is 0 Å². The molecular weight excluding hydrogens is 258 g/mol. The van der Waals surface area contributed by atoms with Crippen LogP contribution in [0.15, 0.2) is 42.5 Å². The lowest BCUT2D eigenvalue weighted by molar-refractivity contribution is 0.926. The van der Waals surface area contributed by atoms with Gasteiger partial charge in [-0.2, -0.15) is 5.26 Å². The fourth-order valence-corrected chi connectivity index (χ4v) is 2.49. The molecule has 0 unspecified atom stereocenters. The van der Waals surface area contributed by atoms with Crippen LogP contribution in [0.5, 0.6) is 0 Å². The fourth-order valence-electron chi connectivity index (χ4n) is 2.31. The van der Waals surface area contributed by atoms with Gasteiger partial charge in [0, 0.05) is 23.8 Å². The summed E-state index contributed by atoms with van der Waals surface area (Å²) in [6, 6.07) is 15.6. The van der Waals surface area contributed by atoms with Crippen LogP contribution in [0.1, 0.15) is 5.56 Å². The molecule has 3 nitrogen and oxygen atoms in total. The first-order chi connectivity index (χ1) is 9.28. The van der Waals surface area contributed by atoms with E-state index >= 15 is 0 Å². The molecule has 0 aliphatic carbocycles. The quantitative estimate of drug-likeness (QED) is 0.856. The van der Waals surface area contributed by atoms with E-state index in [9.17, 15) is 0 Å². The van der Waals surface area contributed by atoms with Gasteiger partial charge in [0.15, 0.2) is 0 Å². The van der Waals surface area contributed by atoms with Gasteiger partial charge < -0.3 is 10.2 Å². The molecule has 1 aliphatic rings. The largest absolute Gasteiger partial charge is 0.382 e. The molecule has 0 spiro atoms. The third-order valence-corrected chi connectivity index (χ3v) is 3.42. The minimum Gasteiger partial charge on any atom is -0.382 e. The monoisotopic (exact) mass is 269 g/mol. The number of anilines is 3. The van der Waals surface area contributed by atoms with Crippen LogP contribution in [0.3, 0.4) is 0 Å². The summed E-state index contributed by atoms with van der Waals surface area (Å²) >= 11 is 6.06. The topological polar surface area (TPSA) is 39.1 Å². The predicted molar refractivity (Wildman–Crippen MR) is 78.1 cm³/mol. The molecular formula is C15H12ClN3. The van der Waals surface area contributed by atoms with Gasteiger partial charge in [-0.3, -0.25) is 0 Å². The number of nitrogens with zero attached hydrogens (tertiary/aromatic N) is 2. The normalized spacial score (nSPS) is 13.4. The van der Waals surface area contributed by atoms with Crippen molar-refractivity contribution in [2.45, 2.75) is 0 Å². The number of nitrogens with one attached hydrogen (secondary N) is 1. The Hall–Kier alpha value is -2.18. The number of rotatable bonds is 1. The zero-order valence-electron chi connectivity index (χ0n) is 10.2. The van der Waals surface area contributed by atoms with Crippen LogP contribution in [-0.2, 0) is 0 Å². The maximum atomic E-state index is 9.03. The molecule has 1 heterocycles. The van der Waals surface area contributed by atoms with Crippen molar-refractivity contribution in [3.05, 3.63) is 53.1 Å². The Morgan fingerprint density at radius 3 is 2.89 bits per heavy atom. The zero-order valence-corrected chi connectivity index (χ0v) is 11.0. The lowest BCUT2D eigenvalue weighted by Gasteiger charge is -2.32. The molecule has 0 saturated carbocycles. The molecule has 4 heteroatoms. The summed E-state index contributed by atoms with van der Waals surface area (Å²) < 4.78 is 0. The minimum atomic E-state index is 0.662. The Labute approximate surface area is 117 Å². The van der Waals surface area contributed by atoms with Crippen molar-refractivity contribution in [1.82, 2.24) is 0 Å². The molecule has 2 aromatic carbocycles.